The predicted octanol–water partition coefficient (Wildman–Crippen LogP) is 5.30. The lowest BCUT2D eigenvalue weighted by Gasteiger charge is -2.33. The van der Waals surface area contributed by atoms with Gasteiger partial charge in [0.15, 0.2) is 5.78 Å². The summed E-state index contributed by atoms with van der Waals surface area (Å²) in [5.74, 6) is -1.17. The van der Waals surface area contributed by atoms with Gasteiger partial charge < -0.3 is 19.9 Å². The fraction of sp³-hybridized carbons (Fsp3) is 0.265. The van der Waals surface area contributed by atoms with Gasteiger partial charge in [-0.3, -0.25) is 14.4 Å². The maximum Gasteiger partial charge on any atom is 0.243 e. The number of phenols is 1. The van der Waals surface area contributed by atoms with Crippen molar-refractivity contribution in [3.8, 4) is 16.9 Å². The van der Waals surface area contributed by atoms with Crippen molar-refractivity contribution in [1.82, 2.24) is 24.8 Å². The first-order valence-electron chi connectivity index (χ1n) is 14.7. The molecule has 46 heavy (non-hydrogen) atoms. The molecular formula is C34H30ClF2N5O4. The highest BCUT2D eigenvalue weighted by Gasteiger charge is 2.46. The van der Waals surface area contributed by atoms with Crippen molar-refractivity contribution in [2.45, 2.75) is 50.2 Å². The lowest BCUT2D eigenvalue weighted by Crippen LogP contribution is -2.54. The molecule has 2 N–H and O–H groups in total. The van der Waals surface area contributed by atoms with Gasteiger partial charge in [0.25, 0.3) is 0 Å². The predicted molar refractivity (Wildman–Crippen MR) is 170 cm³/mol. The maximum atomic E-state index is 16.0. The highest BCUT2D eigenvalue weighted by molar-refractivity contribution is 6.30. The average Bonchev–Trinajstić information content (AvgIpc) is 3.59. The fourth-order valence-electron chi connectivity index (χ4n) is 6.00. The number of carbonyl (C=O) groups is 3. The average molecular weight is 646 g/mol. The van der Waals surface area contributed by atoms with Crippen LogP contribution in [0.2, 0.25) is 0 Å². The second kappa shape index (κ2) is 12.1. The minimum atomic E-state index is -2.49. The number of phenolic OH excluding ortho intramolecular Hbond substituents is 1. The van der Waals surface area contributed by atoms with Gasteiger partial charge in [0.05, 0.1) is 12.1 Å². The largest absolute Gasteiger partial charge is 0.507 e. The number of allylic oxidation sites excluding steroid dienone is 2. The molecular weight excluding hydrogens is 616 g/mol. The molecule has 9 nitrogen and oxygen atoms in total. The van der Waals surface area contributed by atoms with Crippen molar-refractivity contribution in [3.63, 3.8) is 0 Å². The molecule has 0 spiro atoms. The molecule has 1 fully saturated rings. The van der Waals surface area contributed by atoms with Crippen LogP contribution in [-0.2, 0) is 16.1 Å². The number of ketones is 1. The molecule has 4 aromatic rings. The van der Waals surface area contributed by atoms with Gasteiger partial charge >= 0.3 is 0 Å². The Balaban J connectivity index is 1.24. The van der Waals surface area contributed by atoms with Gasteiger partial charge in [-0.15, -0.1) is 0 Å². The Morgan fingerprint density at radius 3 is 2.54 bits per heavy atom. The normalized spacial score (nSPS) is 22.6. The number of benzene rings is 2. The highest BCUT2D eigenvalue weighted by atomic mass is 35.5. The van der Waals surface area contributed by atoms with Crippen molar-refractivity contribution in [2.24, 2.45) is 0 Å². The van der Waals surface area contributed by atoms with Crippen molar-refractivity contribution in [3.05, 3.63) is 96.2 Å². The summed E-state index contributed by atoms with van der Waals surface area (Å²) >= 11 is 6.36. The molecule has 2 aromatic heterocycles. The van der Waals surface area contributed by atoms with Gasteiger partial charge in [0.2, 0.25) is 16.9 Å². The third-order valence-corrected chi connectivity index (χ3v) is 8.79. The second-order valence-corrected chi connectivity index (χ2v) is 12.0. The van der Waals surface area contributed by atoms with Crippen LogP contribution in [0.1, 0.15) is 35.1 Å². The number of fused-ring (bicyclic) bond motifs is 1. The molecule has 0 radical (unpaired) electrons. The van der Waals surface area contributed by atoms with Crippen LogP contribution >= 0.6 is 11.6 Å². The number of alkyl halides is 3. The molecule has 1 aliphatic carbocycles. The number of nitrogens with zero attached hydrogens (tertiary/aromatic N) is 4. The van der Waals surface area contributed by atoms with Crippen molar-refractivity contribution >= 4 is 45.7 Å². The van der Waals surface area contributed by atoms with E-state index in [1.165, 1.54) is 35.9 Å². The Hall–Kier alpha value is -4.90. The number of carbonyl (C=O) groups excluding carboxylic acids is 3. The van der Waals surface area contributed by atoms with E-state index in [1.54, 1.807) is 61.8 Å². The summed E-state index contributed by atoms with van der Waals surface area (Å²) < 4.78 is 32.2. The summed E-state index contributed by atoms with van der Waals surface area (Å²) in [6.45, 7) is 2.43. The van der Waals surface area contributed by atoms with Crippen molar-refractivity contribution in [1.29, 1.82) is 0 Å². The fourth-order valence-corrected chi connectivity index (χ4v) is 6.30. The van der Waals surface area contributed by atoms with E-state index < -0.39 is 35.2 Å². The Labute approximate surface area is 268 Å². The number of nitrogens with one attached hydrogen (secondary N) is 1. The number of halogens is 3. The number of amides is 2. The maximum absolute atomic E-state index is 16.0. The quantitative estimate of drug-likeness (QED) is 0.208. The summed E-state index contributed by atoms with van der Waals surface area (Å²) in [4.78, 5) is 49.1. The third kappa shape index (κ3) is 5.78. The van der Waals surface area contributed by atoms with Gasteiger partial charge in [-0.2, -0.15) is 0 Å². The molecule has 1 aliphatic heterocycles. The lowest BCUT2D eigenvalue weighted by atomic mass is 9.91. The van der Waals surface area contributed by atoms with Crippen molar-refractivity contribution < 1.29 is 28.3 Å². The Morgan fingerprint density at radius 2 is 1.85 bits per heavy atom. The summed E-state index contributed by atoms with van der Waals surface area (Å²) in [5.41, 5.74) is 2.34. The zero-order chi connectivity index (χ0) is 32.7. The monoisotopic (exact) mass is 645 g/mol. The molecule has 2 aromatic carbocycles. The Kier molecular flexibility index (Phi) is 8.20. The standard InChI is InChI=1S/C34H30ClF2N5O4/c1-19(43)26-17-41(28-13-30(44)24(12-25(26)28)22-14-38-20(2)39-15-22)18-32(45)42-16-23(36)11-29(42)33(46)40-31-10-6-9-27(34(31,35)37)21-7-4-3-5-8-21/h3-10,12-15,17,23,29,31,44H,11,16,18H2,1-2H3,(H,40,46). The van der Waals surface area contributed by atoms with Crippen LogP contribution in [-0.4, -0.2) is 72.1 Å². The number of Topliss-reactive ketones (excluding diaryl/α,β-unsaturated/α-hetero) is 1. The molecule has 1 saturated heterocycles. The van der Waals surface area contributed by atoms with E-state index >= 15 is 4.39 Å². The summed E-state index contributed by atoms with van der Waals surface area (Å²) in [5, 5.41) is 11.5. The van der Waals surface area contributed by atoms with Crippen LogP contribution in [0.5, 0.6) is 5.75 Å². The SMILES string of the molecule is CC(=O)c1cn(CC(=O)N2CC(F)CC2C(=O)NC2C=CC=C(c3ccccc3)C2(F)Cl)c2cc(O)c(-c3cnc(C)nc3)cc12. The smallest absolute Gasteiger partial charge is 0.243 e. The van der Waals surface area contributed by atoms with Gasteiger partial charge in [-0.05, 0) is 25.5 Å². The molecule has 6 rings (SSSR count). The number of likely N-dealkylation sites (tertiary alicyclic amines) is 1. The first-order chi connectivity index (χ1) is 21.9. The van der Waals surface area contributed by atoms with Gasteiger partial charge in [0, 0.05) is 58.7 Å². The first kappa shape index (κ1) is 31.1. The van der Waals surface area contributed by atoms with E-state index in [0.717, 1.165) is 4.90 Å². The number of rotatable bonds is 7. The van der Waals surface area contributed by atoms with Gasteiger partial charge in [0.1, 0.15) is 36.4 Å². The third-order valence-electron chi connectivity index (χ3n) is 8.35. The van der Waals surface area contributed by atoms with E-state index in [4.69, 9.17) is 11.6 Å². The molecule has 2 aliphatic rings. The Morgan fingerprint density at radius 1 is 1.13 bits per heavy atom. The number of aromatic hydroxyl groups is 1. The van der Waals surface area contributed by atoms with Crippen LogP contribution in [0.15, 0.2) is 79.3 Å². The number of hydrogen-bond acceptors (Lipinski definition) is 6. The molecule has 12 heteroatoms. The molecule has 3 heterocycles. The number of aromatic nitrogens is 3. The van der Waals surface area contributed by atoms with Crippen LogP contribution in [0.25, 0.3) is 27.6 Å². The van der Waals surface area contributed by atoms with Crippen LogP contribution < -0.4 is 5.32 Å². The zero-order valence-corrected chi connectivity index (χ0v) is 25.7. The van der Waals surface area contributed by atoms with Crippen LogP contribution in [0.3, 0.4) is 0 Å². The minimum absolute atomic E-state index is 0.121. The van der Waals surface area contributed by atoms with E-state index in [0.29, 0.717) is 39.0 Å². The zero-order valence-electron chi connectivity index (χ0n) is 25.0. The molecule has 4 unspecified atom stereocenters. The molecule has 236 valence electrons. The summed E-state index contributed by atoms with van der Waals surface area (Å²) in [6.07, 6.45) is 7.37. The van der Waals surface area contributed by atoms with Crippen molar-refractivity contribution in [2.75, 3.05) is 6.54 Å². The minimum Gasteiger partial charge on any atom is -0.507 e. The molecule has 2 amide bonds. The van der Waals surface area contributed by atoms with Gasteiger partial charge in [-0.1, -0.05) is 60.2 Å². The topological polar surface area (TPSA) is 117 Å². The molecule has 0 saturated carbocycles. The Bertz CT molecular complexity index is 1910. The summed E-state index contributed by atoms with van der Waals surface area (Å²) in [7, 11) is 0. The van der Waals surface area contributed by atoms with E-state index in [9.17, 15) is 23.9 Å². The summed E-state index contributed by atoms with van der Waals surface area (Å²) in [6, 6.07) is 9.24. The van der Waals surface area contributed by atoms with Crippen LogP contribution in [0.4, 0.5) is 8.78 Å². The highest BCUT2D eigenvalue weighted by Crippen LogP contribution is 2.41. The molecule has 0 bridgehead atoms. The second-order valence-electron chi connectivity index (χ2n) is 11.5. The number of hydrogen-bond donors (Lipinski definition) is 2. The van der Waals surface area contributed by atoms with E-state index in [2.05, 4.69) is 15.3 Å². The van der Waals surface area contributed by atoms with E-state index in [1.807, 2.05) is 0 Å². The van der Waals surface area contributed by atoms with E-state index in [-0.39, 0.29) is 36.6 Å². The molecule has 4 atom stereocenters. The number of aryl methyl sites for hydroxylation is 1. The lowest BCUT2D eigenvalue weighted by molar-refractivity contribution is -0.139. The first-order valence-corrected chi connectivity index (χ1v) is 15.0. The van der Waals surface area contributed by atoms with Gasteiger partial charge in [-0.25, -0.2) is 18.7 Å². The van der Waals surface area contributed by atoms with Crippen LogP contribution in [0, 0.1) is 6.92 Å².